The Labute approximate surface area is 164 Å². The van der Waals surface area contributed by atoms with Crippen LogP contribution < -0.4 is 0 Å². The summed E-state index contributed by atoms with van der Waals surface area (Å²) in [5, 5.41) is 0. The number of hydrogen-bond donors (Lipinski definition) is 0. The summed E-state index contributed by atoms with van der Waals surface area (Å²) in [4.78, 5) is 31.0. The molecule has 0 radical (unpaired) electrons. The van der Waals surface area contributed by atoms with Gasteiger partial charge in [-0.15, -0.1) is 0 Å². The lowest BCUT2D eigenvalue weighted by Gasteiger charge is -2.29. The number of imidazole rings is 1. The second-order valence-corrected chi connectivity index (χ2v) is 8.29. The normalized spacial score (nSPS) is 18.0. The van der Waals surface area contributed by atoms with E-state index in [0.29, 0.717) is 18.5 Å². The van der Waals surface area contributed by atoms with Crippen molar-refractivity contribution < 1.29 is 14.3 Å². The highest BCUT2D eigenvalue weighted by Crippen LogP contribution is 2.29. The first kappa shape index (κ1) is 18.5. The van der Waals surface area contributed by atoms with E-state index in [-0.39, 0.29) is 5.91 Å². The molecule has 1 fully saturated rings. The molecular weight excluding hydrogens is 354 g/mol. The van der Waals surface area contributed by atoms with E-state index in [1.807, 2.05) is 18.5 Å². The van der Waals surface area contributed by atoms with E-state index >= 15 is 0 Å². The Kier molecular flexibility index (Phi) is 4.57. The Balaban J connectivity index is 1.61. The number of hydrogen-bond acceptors (Lipinski definition) is 4. The van der Waals surface area contributed by atoms with E-state index < -0.39 is 11.7 Å². The van der Waals surface area contributed by atoms with Gasteiger partial charge in [0.15, 0.2) is 0 Å². The average Bonchev–Trinajstić information content (AvgIpc) is 3.05. The number of likely N-dealkylation sites (tertiary alicyclic amines) is 1. The van der Waals surface area contributed by atoms with Crippen molar-refractivity contribution in [2.75, 3.05) is 6.54 Å². The number of imide groups is 1. The number of fused-ring (bicyclic) bond motifs is 3. The van der Waals surface area contributed by atoms with E-state index in [1.165, 1.54) is 10.5 Å². The lowest BCUT2D eigenvalue weighted by molar-refractivity contribution is -0.127. The molecule has 146 valence electrons. The molecular formula is C22H25N3O3. The summed E-state index contributed by atoms with van der Waals surface area (Å²) >= 11 is 0. The lowest BCUT2D eigenvalue weighted by Crippen LogP contribution is -2.44. The van der Waals surface area contributed by atoms with Crippen molar-refractivity contribution in [2.24, 2.45) is 0 Å². The molecule has 2 aliphatic heterocycles. The van der Waals surface area contributed by atoms with Crippen LogP contribution in [0.4, 0.5) is 4.79 Å². The fraction of sp³-hybridized carbons (Fsp3) is 0.409. The zero-order valence-electron chi connectivity index (χ0n) is 16.6. The van der Waals surface area contributed by atoms with Gasteiger partial charge in [0.1, 0.15) is 11.9 Å². The van der Waals surface area contributed by atoms with E-state index in [0.717, 1.165) is 36.3 Å². The average molecular weight is 379 g/mol. The summed E-state index contributed by atoms with van der Waals surface area (Å²) in [5.41, 5.74) is 4.34. The summed E-state index contributed by atoms with van der Waals surface area (Å²) in [6, 6.07) is 8.30. The van der Waals surface area contributed by atoms with Crippen LogP contribution in [0.1, 0.15) is 50.6 Å². The maximum Gasteiger partial charge on any atom is 0.417 e. The van der Waals surface area contributed by atoms with E-state index in [1.54, 1.807) is 20.8 Å². The highest BCUT2D eigenvalue weighted by molar-refractivity contribution is 6.05. The Bertz CT molecular complexity index is 966. The van der Waals surface area contributed by atoms with Crippen molar-refractivity contribution >= 4 is 18.1 Å². The SMILES string of the molecule is CC(C)(C)OC(=O)N1CCC/C(=C\c2ncn3c2CCc2ccccc2-3)C1=O. The zero-order chi connectivity index (χ0) is 19.9. The summed E-state index contributed by atoms with van der Waals surface area (Å²) in [6.45, 7) is 5.78. The molecule has 4 rings (SSSR count). The molecule has 2 aromatic rings. The number of aromatic nitrogens is 2. The van der Waals surface area contributed by atoms with Crippen molar-refractivity contribution in [3.8, 4) is 5.69 Å². The Morgan fingerprint density at radius 2 is 1.96 bits per heavy atom. The molecule has 2 amide bonds. The van der Waals surface area contributed by atoms with Crippen LogP contribution in [0.2, 0.25) is 0 Å². The smallest absolute Gasteiger partial charge is 0.417 e. The summed E-state index contributed by atoms with van der Waals surface area (Å²) in [7, 11) is 0. The van der Waals surface area contributed by atoms with Crippen LogP contribution in [0, 0.1) is 0 Å². The highest BCUT2D eigenvalue weighted by Gasteiger charge is 2.32. The van der Waals surface area contributed by atoms with Gasteiger partial charge in [-0.3, -0.25) is 4.79 Å². The molecule has 6 heteroatoms. The van der Waals surface area contributed by atoms with Crippen LogP contribution in [0.5, 0.6) is 0 Å². The molecule has 6 nitrogen and oxygen atoms in total. The second-order valence-electron chi connectivity index (χ2n) is 8.29. The number of nitrogens with zero attached hydrogens (tertiary/aromatic N) is 3. The first-order valence-corrected chi connectivity index (χ1v) is 9.73. The van der Waals surface area contributed by atoms with Gasteiger partial charge < -0.3 is 9.30 Å². The molecule has 0 spiro atoms. The van der Waals surface area contributed by atoms with Crippen molar-refractivity contribution in [2.45, 2.75) is 52.1 Å². The molecule has 1 aromatic heterocycles. The molecule has 0 N–H and O–H groups in total. The van der Waals surface area contributed by atoms with Gasteiger partial charge >= 0.3 is 6.09 Å². The highest BCUT2D eigenvalue weighted by atomic mass is 16.6. The van der Waals surface area contributed by atoms with Crippen LogP contribution in [-0.2, 0) is 22.4 Å². The standard InChI is InChI=1S/C22H25N3O3/c1-22(2,3)28-21(27)24-12-6-8-16(20(24)26)13-17-19-11-10-15-7-4-5-9-18(15)25(19)14-23-17/h4-5,7,9,13-14H,6,8,10-12H2,1-3H3/b16-13+. The number of piperidine rings is 1. The van der Waals surface area contributed by atoms with Crippen LogP contribution in [0.3, 0.4) is 0 Å². The Morgan fingerprint density at radius 1 is 1.18 bits per heavy atom. The first-order chi connectivity index (χ1) is 13.3. The third-order valence-electron chi connectivity index (χ3n) is 5.05. The summed E-state index contributed by atoms with van der Waals surface area (Å²) in [6.07, 6.45) is 6.29. The van der Waals surface area contributed by atoms with Crippen LogP contribution >= 0.6 is 0 Å². The Hall–Kier alpha value is -2.89. The van der Waals surface area contributed by atoms with Crippen LogP contribution in [0.15, 0.2) is 36.2 Å². The fourth-order valence-electron chi connectivity index (χ4n) is 3.77. The minimum Gasteiger partial charge on any atom is -0.443 e. The van der Waals surface area contributed by atoms with Gasteiger partial charge in [-0.2, -0.15) is 0 Å². The van der Waals surface area contributed by atoms with Crippen LogP contribution in [0.25, 0.3) is 11.8 Å². The molecule has 3 heterocycles. The summed E-state index contributed by atoms with van der Waals surface area (Å²) in [5.74, 6) is -0.279. The predicted molar refractivity (Wildman–Crippen MR) is 106 cm³/mol. The molecule has 1 aromatic carbocycles. The molecule has 0 atom stereocenters. The number of carbonyl (C=O) groups is 2. The van der Waals surface area contributed by atoms with Crippen LogP contribution in [-0.4, -0.2) is 38.6 Å². The zero-order valence-corrected chi connectivity index (χ0v) is 16.6. The number of carbonyl (C=O) groups excluding carboxylic acids is 2. The number of aryl methyl sites for hydroxylation is 1. The molecule has 1 saturated heterocycles. The van der Waals surface area contributed by atoms with Gasteiger partial charge in [0.2, 0.25) is 0 Å². The number of benzene rings is 1. The number of amides is 2. The Morgan fingerprint density at radius 3 is 2.75 bits per heavy atom. The number of ether oxygens (including phenoxy) is 1. The largest absolute Gasteiger partial charge is 0.443 e. The van der Waals surface area contributed by atoms with Crippen molar-refractivity contribution in [1.82, 2.24) is 14.5 Å². The van der Waals surface area contributed by atoms with Crippen molar-refractivity contribution in [1.29, 1.82) is 0 Å². The van der Waals surface area contributed by atoms with Gasteiger partial charge in [-0.25, -0.2) is 14.7 Å². The molecule has 0 bridgehead atoms. The van der Waals surface area contributed by atoms with Gasteiger partial charge in [0.25, 0.3) is 5.91 Å². The second kappa shape index (κ2) is 6.93. The fourth-order valence-corrected chi connectivity index (χ4v) is 3.77. The van der Waals surface area contributed by atoms with Gasteiger partial charge in [-0.1, -0.05) is 18.2 Å². The van der Waals surface area contributed by atoms with E-state index in [9.17, 15) is 9.59 Å². The topological polar surface area (TPSA) is 64.4 Å². The monoisotopic (exact) mass is 379 g/mol. The number of para-hydroxylation sites is 1. The van der Waals surface area contributed by atoms with Gasteiger partial charge in [0, 0.05) is 17.8 Å². The lowest BCUT2D eigenvalue weighted by atomic mass is 9.98. The molecule has 0 aliphatic carbocycles. The minimum absolute atomic E-state index is 0.279. The summed E-state index contributed by atoms with van der Waals surface area (Å²) < 4.78 is 7.48. The first-order valence-electron chi connectivity index (χ1n) is 9.73. The predicted octanol–water partition coefficient (Wildman–Crippen LogP) is 3.91. The molecule has 2 aliphatic rings. The van der Waals surface area contributed by atoms with E-state index in [4.69, 9.17) is 4.74 Å². The van der Waals surface area contributed by atoms with Crippen molar-refractivity contribution in [3.05, 3.63) is 53.1 Å². The molecule has 0 unspecified atom stereocenters. The van der Waals surface area contributed by atoms with Crippen molar-refractivity contribution in [3.63, 3.8) is 0 Å². The molecule has 0 saturated carbocycles. The minimum atomic E-state index is -0.630. The maximum absolute atomic E-state index is 12.9. The van der Waals surface area contributed by atoms with Gasteiger partial charge in [0.05, 0.1) is 11.4 Å². The third-order valence-corrected chi connectivity index (χ3v) is 5.05. The third kappa shape index (κ3) is 3.46. The maximum atomic E-state index is 12.9. The number of rotatable bonds is 1. The molecule has 28 heavy (non-hydrogen) atoms. The van der Waals surface area contributed by atoms with E-state index in [2.05, 4.69) is 27.8 Å². The quantitative estimate of drug-likeness (QED) is 0.705. The van der Waals surface area contributed by atoms with Gasteiger partial charge in [-0.05, 0) is 64.2 Å².